The van der Waals surface area contributed by atoms with Crippen molar-refractivity contribution in [3.05, 3.63) is 0 Å². The molecule has 0 saturated heterocycles. The molecule has 1 aliphatic rings. The Labute approximate surface area is 93.0 Å². The van der Waals surface area contributed by atoms with Crippen LogP contribution in [-0.4, -0.2) is 5.91 Å². The maximum atomic E-state index is 11.2. The summed E-state index contributed by atoms with van der Waals surface area (Å²) in [5.74, 6) is 1.82. The molecule has 0 bridgehead atoms. The Kier molecular flexibility index (Phi) is 5.50. The van der Waals surface area contributed by atoms with E-state index < -0.39 is 0 Å². The van der Waals surface area contributed by atoms with Gasteiger partial charge in [0.15, 0.2) is 0 Å². The van der Waals surface area contributed by atoms with Crippen LogP contribution in [0.5, 0.6) is 0 Å². The molecule has 0 aromatic rings. The van der Waals surface area contributed by atoms with E-state index in [4.69, 9.17) is 5.73 Å². The van der Waals surface area contributed by atoms with Crippen molar-refractivity contribution in [2.75, 3.05) is 0 Å². The summed E-state index contributed by atoms with van der Waals surface area (Å²) in [6, 6.07) is 0. The summed E-state index contributed by atoms with van der Waals surface area (Å²) in [5, 5.41) is 0. The van der Waals surface area contributed by atoms with E-state index in [2.05, 4.69) is 20.8 Å². The van der Waals surface area contributed by atoms with Crippen molar-refractivity contribution in [1.29, 1.82) is 0 Å². The average Bonchev–Trinajstić information content (AvgIpc) is 2.03. The predicted octanol–water partition coefficient (Wildman–Crippen LogP) is 2.60. The lowest BCUT2D eigenvalue weighted by atomic mass is 9.70. The molecule has 0 spiro atoms. The lowest BCUT2D eigenvalue weighted by Gasteiger charge is -2.35. The molecule has 1 fully saturated rings. The molecule has 2 N–H and O–H groups in total. The minimum absolute atomic E-state index is 0. The van der Waals surface area contributed by atoms with E-state index in [0.717, 1.165) is 6.42 Å². The van der Waals surface area contributed by atoms with Crippen LogP contribution in [0.25, 0.3) is 0 Å². The zero-order valence-corrected chi connectivity index (χ0v) is 10.1. The van der Waals surface area contributed by atoms with E-state index in [9.17, 15) is 4.79 Å². The molecule has 0 aliphatic heterocycles. The number of hydrogen-bond acceptors (Lipinski definition) is 1. The van der Waals surface area contributed by atoms with Crippen LogP contribution in [0.1, 0.15) is 40.0 Å². The lowest BCUT2D eigenvalue weighted by molar-refractivity contribution is -0.125. The highest BCUT2D eigenvalue weighted by molar-refractivity contribution is 5.85. The Morgan fingerprint density at radius 3 is 2.36 bits per heavy atom. The minimum Gasteiger partial charge on any atom is -0.369 e. The number of nitrogens with two attached hydrogens (primary N) is 1. The van der Waals surface area contributed by atoms with Gasteiger partial charge in [0.2, 0.25) is 5.91 Å². The molecule has 3 heteroatoms. The van der Waals surface area contributed by atoms with Gasteiger partial charge in [-0.2, -0.15) is 0 Å². The third kappa shape index (κ3) is 3.16. The number of primary amides is 1. The van der Waals surface area contributed by atoms with Crippen LogP contribution >= 0.6 is 12.4 Å². The molecule has 1 amide bonds. The Morgan fingerprint density at radius 1 is 1.36 bits per heavy atom. The van der Waals surface area contributed by atoms with Gasteiger partial charge in [0.25, 0.3) is 0 Å². The van der Waals surface area contributed by atoms with Gasteiger partial charge in [-0.3, -0.25) is 4.79 Å². The molecule has 14 heavy (non-hydrogen) atoms. The largest absolute Gasteiger partial charge is 0.369 e. The second-order valence-corrected chi connectivity index (χ2v) is 4.83. The maximum absolute atomic E-state index is 11.2. The summed E-state index contributed by atoms with van der Waals surface area (Å²) >= 11 is 0. The van der Waals surface area contributed by atoms with Crippen molar-refractivity contribution in [2.24, 2.45) is 29.4 Å². The van der Waals surface area contributed by atoms with Crippen molar-refractivity contribution in [3.8, 4) is 0 Å². The summed E-state index contributed by atoms with van der Waals surface area (Å²) in [7, 11) is 0. The van der Waals surface area contributed by atoms with Crippen molar-refractivity contribution >= 4 is 18.3 Å². The molecule has 3 unspecified atom stereocenters. The van der Waals surface area contributed by atoms with Crippen LogP contribution in [0.4, 0.5) is 0 Å². The van der Waals surface area contributed by atoms with Crippen LogP contribution in [0.2, 0.25) is 0 Å². The summed E-state index contributed by atoms with van der Waals surface area (Å²) in [4.78, 5) is 11.2. The van der Waals surface area contributed by atoms with E-state index in [1.807, 2.05) is 0 Å². The highest BCUT2D eigenvalue weighted by atomic mass is 35.5. The van der Waals surface area contributed by atoms with E-state index in [1.54, 1.807) is 0 Å². The molecule has 1 aliphatic carbocycles. The van der Waals surface area contributed by atoms with Gasteiger partial charge in [-0.25, -0.2) is 0 Å². The average molecular weight is 220 g/mol. The van der Waals surface area contributed by atoms with Crippen LogP contribution in [0.15, 0.2) is 0 Å². The number of rotatable bonds is 2. The van der Waals surface area contributed by atoms with Crippen LogP contribution in [-0.2, 0) is 4.79 Å². The minimum atomic E-state index is -0.0924. The van der Waals surface area contributed by atoms with E-state index >= 15 is 0 Å². The second-order valence-electron chi connectivity index (χ2n) is 4.83. The Bertz CT molecular complexity index is 194. The molecule has 1 saturated carbocycles. The fraction of sp³-hybridized carbons (Fsp3) is 0.909. The first-order chi connectivity index (χ1) is 6.02. The molecule has 84 valence electrons. The van der Waals surface area contributed by atoms with E-state index in [-0.39, 0.29) is 24.2 Å². The van der Waals surface area contributed by atoms with Gasteiger partial charge in [0.1, 0.15) is 0 Å². The molecular weight excluding hydrogens is 198 g/mol. The fourth-order valence-electron chi connectivity index (χ4n) is 2.53. The number of halogens is 1. The molecule has 0 aromatic heterocycles. The van der Waals surface area contributed by atoms with Gasteiger partial charge in [0, 0.05) is 5.92 Å². The Balaban J connectivity index is 0.00000169. The van der Waals surface area contributed by atoms with Crippen LogP contribution in [0, 0.1) is 23.7 Å². The summed E-state index contributed by atoms with van der Waals surface area (Å²) in [6.45, 7) is 6.60. The Hall–Kier alpha value is -0.240. The monoisotopic (exact) mass is 219 g/mol. The van der Waals surface area contributed by atoms with Crippen LogP contribution in [0.3, 0.4) is 0 Å². The van der Waals surface area contributed by atoms with Gasteiger partial charge in [0.05, 0.1) is 0 Å². The molecule has 2 nitrogen and oxygen atoms in total. The Morgan fingerprint density at radius 2 is 1.93 bits per heavy atom. The topological polar surface area (TPSA) is 43.1 Å². The second kappa shape index (κ2) is 5.59. The highest BCUT2D eigenvalue weighted by Crippen LogP contribution is 2.37. The first kappa shape index (κ1) is 13.8. The van der Waals surface area contributed by atoms with Gasteiger partial charge >= 0.3 is 0 Å². The summed E-state index contributed by atoms with van der Waals surface area (Å²) < 4.78 is 0. The molecule has 1 rings (SSSR count). The third-order valence-corrected chi connectivity index (χ3v) is 3.39. The fourth-order valence-corrected chi connectivity index (χ4v) is 2.53. The normalized spacial score (nSPS) is 32.4. The predicted molar refractivity (Wildman–Crippen MR) is 61.3 cm³/mol. The SMILES string of the molecule is CC1CCC(C(C)C)C(C(N)=O)C1.Cl. The first-order valence-electron chi connectivity index (χ1n) is 5.31. The van der Waals surface area contributed by atoms with Gasteiger partial charge < -0.3 is 5.73 Å². The number of carbonyl (C=O) groups excluding carboxylic acids is 1. The summed E-state index contributed by atoms with van der Waals surface area (Å²) in [5.41, 5.74) is 5.42. The zero-order chi connectivity index (χ0) is 10.0. The van der Waals surface area contributed by atoms with Gasteiger partial charge in [-0.15, -0.1) is 12.4 Å². The molecular formula is C11H22ClNO. The molecule has 0 radical (unpaired) electrons. The number of carbonyl (C=O) groups is 1. The lowest BCUT2D eigenvalue weighted by Crippen LogP contribution is -2.37. The first-order valence-corrected chi connectivity index (χ1v) is 5.31. The van der Waals surface area contributed by atoms with Crippen LogP contribution < -0.4 is 5.73 Å². The van der Waals surface area contributed by atoms with Crippen molar-refractivity contribution in [3.63, 3.8) is 0 Å². The number of amides is 1. The quantitative estimate of drug-likeness (QED) is 0.763. The van der Waals surface area contributed by atoms with Crippen molar-refractivity contribution < 1.29 is 4.79 Å². The number of hydrogen-bond donors (Lipinski definition) is 1. The highest BCUT2D eigenvalue weighted by Gasteiger charge is 2.33. The van der Waals surface area contributed by atoms with Crippen molar-refractivity contribution in [2.45, 2.75) is 40.0 Å². The molecule has 0 heterocycles. The smallest absolute Gasteiger partial charge is 0.220 e. The van der Waals surface area contributed by atoms with Gasteiger partial charge in [-0.05, 0) is 30.6 Å². The third-order valence-electron chi connectivity index (χ3n) is 3.39. The standard InChI is InChI=1S/C11H21NO.ClH/c1-7(2)9-5-4-8(3)6-10(9)11(12)13;/h7-10H,4-6H2,1-3H3,(H2,12,13);1H. The van der Waals surface area contributed by atoms with E-state index in [1.165, 1.54) is 12.8 Å². The molecule has 3 atom stereocenters. The van der Waals surface area contributed by atoms with E-state index in [0.29, 0.717) is 17.8 Å². The molecule has 0 aromatic carbocycles. The zero-order valence-electron chi connectivity index (χ0n) is 9.32. The van der Waals surface area contributed by atoms with Gasteiger partial charge in [-0.1, -0.05) is 27.2 Å². The summed E-state index contributed by atoms with van der Waals surface area (Å²) in [6.07, 6.45) is 3.43. The van der Waals surface area contributed by atoms with Crippen molar-refractivity contribution in [1.82, 2.24) is 0 Å². The maximum Gasteiger partial charge on any atom is 0.220 e.